The van der Waals surface area contributed by atoms with Crippen molar-refractivity contribution >= 4 is 17.8 Å². The smallest absolute Gasteiger partial charge is 0.344 e. The molecule has 30 heavy (non-hydrogen) atoms. The van der Waals surface area contributed by atoms with Gasteiger partial charge < -0.3 is 15.4 Å². The first-order chi connectivity index (χ1) is 14.3. The summed E-state index contributed by atoms with van der Waals surface area (Å²) >= 11 is 0. The molecule has 1 atom stereocenters. The van der Waals surface area contributed by atoms with Gasteiger partial charge in [0.25, 0.3) is 11.8 Å². The van der Waals surface area contributed by atoms with E-state index < -0.39 is 17.5 Å². The largest absolute Gasteiger partial charge is 0.497 e. The van der Waals surface area contributed by atoms with E-state index in [0.717, 1.165) is 29.2 Å². The number of hydrazine groups is 1. The SMILES string of the molecule is COc1ccc([C@@H](NCC(=O)NN2C(=O)NC3(CCC(C)CC3)C2=O)C(C)C)cc1. The maximum atomic E-state index is 12.9. The number of imide groups is 1. The second kappa shape index (κ2) is 9.04. The number of hydrogen-bond donors (Lipinski definition) is 3. The van der Waals surface area contributed by atoms with E-state index in [-0.39, 0.29) is 24.4 Å². The summed E-state index contributed by atoms with van der Waals surface area (Å²) in [6, 6.07) is 7.06. The topological polar surface area (TPSA) is 99.8 Å². The first-order valence-corrected chi connectivity index (χ1v) is 10.6. The molecule has 1 aromatic rings. The van der Waals surface area contributed by atoms with Gasteiger partial charge >= 0.3 is 6.03 Å². The number of nitrogens with one attached hydrogen (secondary N) is 3. The number of rotatable bonds is 7. The number of methoxy groups -OCH3 is 1. The molecule has 0 radical (unpaired) electrons. The van der Waals surface area contributed by atoms with Gasteiger partial charge in [-0.3, -0.25) is 15.0 Å². The molecule has 2 fully saturated rings. The highest BCUT2D eigenvalue weighted by molar-refractivity contribution is 6.08. The zero-order valence-electron chi connectivity index (χ0n) is 18.2. The molecule has 1 aliphatic carbocycles. The molecule has 3 N–H and O–H groups in total. The molecule has 1 saturated carbocycles. The summed E-state index contributed by atoms with van der Waals surface area (Å²) in [5.74, 6) is 0.750. The van der Waals surface area contributed by atoms with Crippen LogP contribution in [0.25, 0.3) is 0 Å². The number of amides is 4. The van der Waals surface area contributed by atoms with Gasteiger partial charge in [0.15, 0.2) is 0 Å². The van der Waals surface area contributed by atoms with E-state index in [2.05, 4.69) is 36.8 Å². The monoisotopic (exact) mass is 416 g/mol. The Morgan fingerprint density at radius 1 is 1.23 bits per heavy atom. The van der Waals surface area contributed by atoms with Crippen molar-refractivity contribution in [3.8, 4) is 5.75 Å². The predicted octanol–water partition coefficient (Wildman–Crippen LogP) is 2.51. The summed E-state index contributed by atoms with van der Waals surface area (Å²) in [5, 5.41) is 6.88. The Morgan fingerprint density at radius 3 is 2.43 bits per heavy atom. The van der Waals surface area contributed by atoms with Crippen LogP contribution in [0.3, 0.4) is 0 Å². The highest BCUT2D eigenvalue weighted by Gasteiger charge is 2.52. The number of carbonyl (C=O) groups excluding carboxylic acids is 3. The van der Waals surface area contributed by atoms with E-state index in [1.807, 2.05) is 24.3 Å². The summed E-state index contributed by atoms with van der Waals surface area (Å²) in [6.45, 7) is 6.25. The summed E-state index contributed by atoms with van der Waals surface area (Å²) < 4.78 is 5.20. The fourth-order valence-electron chi connectivity index (χ4n) is 4.23. The van der Waals surface area contributed by atoms with Crippen molar-refractivity contribution in [3.05, 3.63) is 29.8 Å². The molecule has 1 saturated heterocycles. The summed E-state index contributed by atoms with van der Waals surface area (Å²) in [5.41, 5.74) is 2.64. The van der Waals surface area contributed by atoms with Crippen molar-refractivity contribution < 1.29 is 19.1 Å². The zero-order valence-corrected chi connectivity index (χ0v) is 18.2. The van der Waals surface area contributed by atoms with Gasteiger partial charge in [0.05, 0.1) is 13.7 Å². The summed E-state index contributed by atoms with van der Waals surface area (Å²) in [6.07, 6.45) is 2.98. The molecule has 164 valence electrons. The number of benzene rings is 1. The van der Waals surface area contributed by atoms with Gasteiger partial charge in [-0.05, 0) is 55.2 Å². The van der Waals surface area contributed by atoms with Crippen LogP contribution in [0.5, 0.6) is 5.75 Å². The number of ether oxygens (including phenoxy) is 1. The summed E-state index contributed by atoms with van der Waals surface area (Å²) in [7, 11) is 1.62. The van der Waals surface area contributed by atoms with Gasteiger partial charge in [0, 0.05) is 6.04 Å². The molecular weight excluding hydrogens is 384 g/mol. The maximum absolute atomic E-state index is 12.9. The number of urea groups is 1. The fourth-order valence-corrected chi connectivity index (χ4v) is 4.23. The molecule has 1 heterocycles. The average molecular weight is 417 g/mol. The molecule has 8 nitrogen and oxygen atoms in total. The van der Waals surface area contributed by atoms with Crippen molar-refractivity contribution in [2.75, 3.05) is 13.7 Å². The number of carbonyl (C=O) groups is 3. The second-order valence-electron chi connectivity index (χ2n) is 8.75. The van der Waals surface area contributed by atoms with E-state index in [0.29, 0.717) is 18.8 Å². The lowest BCUT2D eigenvalue weighted by Gasteiger charge is -2.33. The highest BCUT2D eigenvalue weighted by atomic mass is 16.5. The predicted molar refractivity (Wildman–Crippen MR) is 112 cm³/mol. The Bertz CT molecular complexity index is 785. The third-order valence-corrected chi connectivity index (χ3v) is 6.15. The van der Waals surface area contributed by atoms with Crippen LogP contribution in [-0.4, -0.2) is 42.0 Å². The van der Waals surface area contributed by atoms with Crippen LogP contribution < -0.4 is 20.8 Å². The van der Waals surface area contributed by atoms with Crippen molar-refractivity contribution in [1.29, 1.82) is 0 Å². The third-order valence-electron chi connectivity index (χ3n) is 6.15. The molecule has 3 rings (SSSR count). The second-order valence-corrected chi connectivity index (χ2v) is 8.75. The molecule has 1 aliphatic heterocycles. The Balaban J connectivity index is 1.59. The minimum atomic E-state index is -0.867. The molecule has 0 unspecified atom stereocenters. The van der Waals surface area contributed by atoms with Gasteiger partial charge in [0.1, 0.15) is 11.3 Å². The number of nitrogens with zero attached hydrogens (tertiary/aromatic N) is 1. The molecule has 1 aromatic carbocycles. The van der Waals surface area contributed by atoms with Crippen LogP contribution >= 0.6 is 0 Å². The Kier molecular flexibility index (Phi) is 6.65. The Morgan fingerprint density at radius 2 is 1.87 bits per heavy atom. The standard InChI is InChI=1S/C22H32N4O4/c1-14(2)19(16-5-7-17(30-4)8-6-16)23-13-18(27)25-26-20(28)22(24-21(26)29)11-9-15(3)10-12-22/h5-8,14-15,19,23H,9-13H2,1-4H3,(H,24,29)(H,25,27)/t15?,19-,22?/m0/s1. The van der Waals surface area contributed by atoms with Gasteiger partial charge in [-0.15, -0.1) is 0 Å². The maximum Gasteiger partial charge on any atom is 0.344 e. The van der Waals surface area contributed by atoms with Crippen LogP contribution in [0.2, 0.25) is 0 Å². The van der Waals surface area contributed by atoms with Crippen LogP contribution in [-0.2, 0) is 9.59 Å². The highest BCUT2D eigenvalue weighted by Crippen LogP contribution is 2.35. The first kappa shape index (κ1) is 22.1. The molecule has 8 heteroatoms. The van der Waals surface area contributed by atoms with Crippen LogP contribution in [0.1, 0.15) is 58.1 Å². The fraction of sp³-hybridized carbons (Fsp3) is 0.591. The molecular formula is C22H32N4O4. The van der Waals surface area contributed by atoms with Gasteiger partial charge in [-0.25, -0.2) is 4.79 Å². The minimum Gasteiger partial charge on any atom is -0.497 e. The van der Waals surface area contributed by atoms with Crippen molar-refractivity contribution in [2.45, 2.75) is 58.0 Å². The van der Waals surface area contributed by atoms with Gasteiger partial charge in [-0.2, -0.15) is 5.01 Å². The van der Waals surface area contributed by atoms with Crippen molar-refractivity contribution in [2.24, 2.45) is 11.8 Å². The van der Waals surface area contributed by atoms with Gasteiger partial charge in [-0.1, -0.05) is 32.9 Å². The molecule has 0 aromatic heterocycles. The van der Waals surface area contributed by atoms with Crippen LogP contribution in [0.15, 0.2) is 24.3 Å². The average Bonchev–Trinajstić information content (AvgIpc) is 2.95. The van der Waals surface area contributed by atoms with Crippen molar-refractivity contribution in [1.82, 2.24) is 21.1 Å². The third kappa shape index (κ3) is 4.59. The van der Waals surface area contributed by atoms with Crippen molar-refractivity contribution in [3.63, 3.8) is 0 Å². The van der Waals surface area contributed by atoms with E-state index >= 15 is 0 Å². The van der Waals surface area contributed by atoms with Crippen LogP contribution in [0, 0.1) is 11.8 Å². The Labute approximate surface area is 177 Å². The quantitative estimate of drug-likeness (QED) is 0.593. The van der Waals surface area contributed by atoms with Crippen LogP contribution in [0.4, 0.5) is 4.79 Å². The van der Waals surface area contributed by atoms with E-state index in [4.69, 9.17) is 4.74 Å². The number of hydrogen-bond acceptors (Lipinski definition) is 5. The molecule has 4 amide bonds. The lowest BCUT2D eigenvalue weighted by atomic mass is 9.77. The normalized spacial score (nSPS) is 24.8. The van der Waals surface area contributed by atoms with E-state index in [1.165, 1.54) is 0 Å². The zero-order chi connectivity index (χ0) is 21.9. The van der Waals surface area contributed by atoms with E-state index in [1.54, 1.807) is 7.11 Å². The van der Waals surface area contributed by atoms with E-state index in [9.17, 15) is 14.4 Å². The lowest BCUT2D eigenvalue weighted by Crippen LogP contribution is -2.52. The van der Waals surface area contributed by atoms with Gasteiger partial charge in [0.2, 0.25) is 0 Å². The molecule has 0 bridgehead atoms. The molecule has 1 spiro atoms. The first-order valence-electron chi connectivity index (χ1n) is 10.6. The lowest BCUT2D eigenvalue weighted by molar-refractivity contribution is -0.139. The minimum absolute atomic E-state index is 0.0179. The Hall–Kier alpha value is -2.61. The summed E-state index contributed by atoms with van der Waals surface area (Å²) in [4.78, 5) is 37.7. The molecule has 2 aliphatic rings.